The summed E-state index contributed by atoms with van der Waals surface area (Å²) in [5, 5.41) is 16.7. The molecule has 22 heavy (non-hydrogen) atoms. The van der Waals surface area contributed by atoms with Crippen molar-refractivity contribution in [2.75, 3.05) is 18.9 Å². The van der Waals surface area contributed by atoms with Gasteiger partial charge in [-0.1, -0.05) is 12.0 Å². The molecule has 4 rings (SSSR count). The summed E-state index contributed by atoms with van der Waals surface area (Å²) in [5.74, 6) is 1.49. The van der Waals surface area contributed by atoms with Crippen molar-refractivity contribution in [2.24, 2.45) is 0 Å². The van der Waals surface area contributed by atoms with E-state index >= 15 is 0 Å². The Hall–Kier alpha value is -1.80. The molecule has 1 atom stereocenters. The van der Waals surface area contributed by atoms with E-state index in [2.05, 4.69) is 51.6 Å². The zero-order valence-corrected chi connectivity index (χ0v) is 13.8. The van der Waals surface area contributed by atoms with Gasteiger partial charge in [0, 0.05) is 24.0 Å². The van der Waals surface area contributed by atoms with E-state index in [1.54, 1.807) is 15.9 Å². The zero-order valence-electron chi connectivity index (χ0n) is 13.0. The summed E-state index contributed by atoms with van der Waals surface area (Å²) in [7, 11) is 2.16. The second kappa shape index (κ2) is 5.13. The summed E-state index contributed by atoms with van der Waals surface area (Å²) in [6.45, 7) is 6.41. The van der Waals surface area contributed by atoms with Crippen LogP contribution in [-0.2, 0) is 13.0 Å². The Morgan fingerprint density at radius 1 is 1.41 bits per heavy atom. The van der Waals surface area contributed by atoms with Crippen LogP contribution in [0.25, 0.3) is 16.0 Å². The van der Waals surface area contributed by atoms with Gasteiger partial charge in [0.2, 0.25) is 0 Å². The maximum absolute atomic E-state index is 4.66. The highest BCUT2D eigenvalue weighted by Gasteiger charge is 2.24. The molecule has 0 aromatic carbocycles. The van der Waals surface area contributed by atoms with E-state index < -0.39 is 0 Å². The van der Waals surface area contributed by atoms with Crippen molar-refractivity contribution in [3.05, 3.63) is 10.4 Å². The molecule has 8 heteroatoms. The standard InChI is InChI=1S/C14H19N7S/c1-4-8(2)15-12-11-9-5-6-20(3)7-10(9)22-13(11)21-14(16-12)17-18-19-21/h8H,4-7H2,1-3H3,(H,15,16,17,19)/t8-/m0/s1. The molecule has 3 aromatic heterocycles. The highest BCUT2D eigenvalue weighted by Crippen LogP contribution is 2.38. The number of tetrazole rings is 1. The predicted molar refractivity (Wildman–Crippen MR) is 87.4 cm³/mol. The molecule has 1 aliphatic heterocycles. The van der Waals surface area contributed by atoms with Gasteiger partial charge in [-0.15, -0.1) is 11.3 Å². The molecule has 7 nitrogen and oxygen atoms in total. The second-order valence-corrected chi connectivity index (χ2v) is 7.06. The molecule has 0 saturated heterocycles. The average molecular weight is 317 g/mol. The Labute approximate surface area is 132 Å². The van der Waals surface area contributed by atoms with E-state index in [0.717, 1.165) is 36.6 Å². The van der Waals surface area contributed by atoms with Crippen LogP contribution in [0.5, 0.6) is 0 Å². The zero-order chi connectivity index (χ0) is 15.3. The van der Waals surface area contributed by atoms with Crippen LogP contribution >= 0.6 is 11.3 Å². The van der Waals surface area contributed by atoms with Gasteiger partial charge in [-0.05, 0) is 42.8 Å². The summed E-state index contributed by atoms with van der Waals surface area (Å²) in [6.07, 6.45) is 2.10. The van der Waals surface area contributed by atoms with Crippen molar-refractivity contribution in [1.82, 2.24) is 29.9 Å². The molecule has 0 unspecified atom stereocenters. The lowest BCUT2D eigenvalue weighted by molar-refractivity contribution is 0.318. The third-order valence-electron chi connectivity index (χ3n) is 4.32. The SMILES string of the molecule is CC[C@H](C)Nc1nc2nnnn2c2sc3c(c12)CCN(C)C3. The Bertz CT molecular complexity index is 837. The number of hydrogen-bond donors (Lipinski definition) is 1. The second-order valence-electron chi connectivity index (χ2n) is 5.98. The minimum absolute atomic E-state index is 0.371. The lowest BCUT2D eigenvalue weighted by Gasteiger charge is -2.22. The predicted octanol–water partition coefficient (Wildman–Crippen LogP) is 1.93. The molecule has 1 aliphatic rings. The number of fused-ring (bicyclic) bond motifs is 5. The minimum atomic E-state index is 0.371. The lowest BCUT2D eigenvalue weighted by Crippen LogP contribution is -2.25. The molecule has 0 bridgehead atoms. The number of thiophene rings is 1. The van der Waals surface area contributed by atoms with Gasteiger partial charge in [0.25, 0.3) is 5.78 Å². The molecule has 0 spiro atoms. The van der Waals surface area contributed by atoms with E-state index in [1.165, 1.54) is 15.8 Å². The van der Waals surface area contributed by atoms with Crippen LogP contribution < -0.4 is 5.32 Å². The van der Waals surface area contributed by atoms with Crippen molar-refractivity contribution in [3.8, 4) is 0 Å². The van der Waals surface area contributed by atoms with E-state index in [9.17, 15) is 0 Å². The van der Waals surface area contributed by atoms with E-state index in [4.69, 9.17) is 0 Å². The average Bonchev–Trinajstić information content (AvgIpc) is 3.10. The van der Waals surface area contributed by atoms with Crippen molar-refractivity contribution in [3.63, 3.8) is 0 Å². The van der Waals surface area contributed by atoms with Gasteiger partial charge in [0.1, 0.15) is 10.6 Å². The Morgan fingerprint density at radius 2 is 2.27 bits per heavy atom. The van der Waals surface area contributed by atoms with E-state index in [1.807, 2.05) is 0 Å². The third-order valence-corrected chi connectivity index (χ3v) is 5.51. The maximum Gasteiger partial charge on any atom is 0.276 e. The monoisotopic (exact) mass is 317 g/mol. The molecule has 0 radical (unpaired) electrons. The number of hydrogen-bond acceptors (Lipinski definition) is 7. The smallest absolute Gasteiger partial charge is 0.276 e. The first-order chi connectivity index (χ1) is 10.7. The molecule has 4 heterocycles. The molecule has 1 N–H and O–H groups in total. The highest BCUT2D eigenvalue weighted by molar-refractivity contribution is 7.19. The van der Waals surface area contributed by atoms with Crippen LogP contribution in [0.4, 0.5) is 5.82 Å². The van der Waals surface area contributed by atoms with Gasteiger partial charge in [-0.3, -0.25) is 0 Å². The molecular formula is C14H19N7S. The number of aromatic nitrogens is 5. The van der Waals surface area contributed by atoms with Crippen LogP contribution in [0.15, 0.2) is 0 Å². The minimum Gasteiger partial charge on any atom is -0.367 e. The van der Waals surface area contributed by atoms with Gasteiger partial charge in [0.05, 0.1) is 5.39 Å². The van der Waals surface area contributed by atoms with Crippen LogP contribution in [-0.4, -0.2) is 49.6 Å². The van der Waals surface area contributed by atoms with Gasteiger partial charge in [-0.2, -0.15) is 9.50 Å². The maximum atomic E-state index is 4.66. The van der Waals surface area contributed by atoms with Crippen LogP contribution in [0.2, 0.25) is 0 Å². The Kier molecular flexibility index (Phi) is 3.23. The van der Waals surface area contributed by atoms with Crippen LogP contribution in [0.3, 0.4) is 0 Å². The molecule has 116 valence electrons. The molecule has 0 aliphatic carbocycles. The van der Waals surface area contributed by atoms with Gasteiger partial charge in [0.15, 0.2) is 0 Å². The number of likely N-dealkylation sites (N-methyl/N-ethyl adjacent to an activating group) is 1. The van der Waals surface area contributed by atoms with Crippen LogP contribution in [0, 0.1) is 0 Å². The fourth-order valence-electron chi connectivity index (χ4n) is 2.89. The third kappa shape index (κ3) is 2.05. The Balaban J connectivity index is 1.99. The summed E-state index contributed by atoms with van der Waals surface area (Å²) in [6, 6.07) is 0.371. The van der Waals surface area contributed by atoms with Crippen molar-refractivity contribution in [2.45, 2.75) is 39.3 Å². The van der Waals surface area contributed by atoms with Crippen molar-refractivity contribution >= 4 is 33.1 Å². The quantitative estimate of drug-likeness (QED) is 0.796. The van der Waals surface area contributed by atoms with Gasteiger partial charge in [-0.25, -0.2) is 0 Å². The topological polar surface area (TPSA) is 71.2 Å². The molecule has 0 saturated carbocycles. The first kappa shape index (κ1) is 13.8. The molecule has 0 fully saturated rings. The highest BCUT2D eigenvalue weighted by atomic mass is 32.1. The molecular weight excluding hydrogens is 298 g/mol. The normalized spacial score (nSPS) is 17.0. The number of anilines is 1. The Morgan fingerprint density at radius 3 is 3.09 bits per heavy atom. The summed E-state index contributed by atoms with van der Waals surface area (Å²) in [4.78, 5) is 9.51. The fraction of sp³-hybridized carbons (Fsp3) is 0.571. The van der Waals surface area contributed by atoms with Gasteiger partial charge >= 0.3 is 0 Å². The van der Waals surface area contributed by atoms with E-state index in [0.29, 0.717) is 11.8 Å². The van der Waals surface area contributed by atoms with Gasteiger partial charge < -0.3 is 10.2 Å². The largest absolute Gasteiger partial charge is 0.367 e. The summed E-state index contributed by atoms with van der Waals surface area (Å²) >= 11 is 1.79. The lowest BCUT2D eigenvalue weighted by atomic mass is 10.1. The first-order valence-corrected chi connectivity index (χ1v) is 8.46. The first-order valence-electron chi connectivity index (χ1n) is 7.64. The molecule has 3 aromatic rings. The fourth-order valence-corrected chi connectivity index (χ4v) is 4.26. The summed E-state index contributed by atoms with van der Waals surface area (Å²) < 4.78 is 1.76. The van der Waals surface area contributed by atoms with Crippen LogP contribution in [0.1, 0.15) is 30.7 Å². The number of nitrogens with one attached hydrogen (secondary N) is 1. The van der Waals surface area contributed by atoms with E-state index in [-0.39, 0.29) is 0 Å². The van der Waals surface area contributed by atoms with Crippen molar-refractivity contribution in [1.29, 1.82) is 0 Å². The number of rotatable bonds is 3. The number of nitrogens with zero attached hydrogens (tertiary/aromatic N) is 6. The summed E-state index contributed by atoms with van der Waals surface area (Å²) in [5.41, 5.74) is 1.41. The van der Waals surface area contributed by atoms with Crippen molar-refractivity contribution < 1.29 is 0 Å². The molecule has 0 amide bonds.